The van der Waals surface area contributed by atoms with Gasteiger partial charge in [0.2, 0.25) is 0 Å². The SMILES string of the molecule is CC1CCCCCN1c1ncccc1N. The average Bonchev–Trinajstić information content (AvgIpc) is 2.44. The van der Waals surface area contributed by atoms with Crippen LogP contribution >= 0.6 is 0 Å². The molecule has 0 amide bonds. The number of rotatable bonds is 1. The minimum absolute atomic E-state index is 0.560. The molecule has 3 heteroatoms. The molecule has 3 nitrogen and oxygen atoms in total. The van der Waals surface area contributed by atoms with E-state index in [9.17, 15) is 0 Å². The van der Waals surface area contributed by atoms with Crippen molar-refractivity contribution in [3.63, 3.8) is 0 Å². The number of pyridine rings is 1. The highest BCUT2D eigenvalue weighted by Gasteiger charge is 2.19. The Morgan fingerprint density at radius 3 is 3.07 bits per heavy atom. The van der Waals surface area contributed by atoms with Crippen molar-refractivity contribution in [3.05, 3.63) is 18.3 Å². The van der Waals surface area contributed by atoms with E-state index in [2.05, 4.69) is 16.8 Å². The topological polar surface area (TPSA) is 42.2 Å². The molecular formula is C12H19N3. The van der Waals surface area contributed by atoms with E-state index in [1.54, 1.807) is 0 Å². The van der Waals surface area contributed by atoms with Crippen LogP contribution in [0.15, 0.2) is 18.3 Å². The fraction of sp³-hybridized carbons (Fsp3) is 0.583. The normalized spacial score (nSPS) is 22.5. The molecule has 1 atom stereocenters. The molecule has 0 spiro atoms. The minimum atomic E-state index is 0.560. The highest BCUT2D eigenvalue weighted by atomic mass is 15.2. The molecule has 0 aliphatic carbocycles. The molecule has 0 bridgehead atoms. The van der Waals surface area contributed by atoms with Crippen molar-refractivity contribution in [2.45, 2.75) is 38.6 Å². The largest absolute Gasteiger partial charge is 0.396 e. The van der Waals surface area contributed by atoms with Crippen LogP contribution in [0, 0.1) is 0 Å². The van der Waals surface area contributed by atoms with Gasteiger partial charge in [-0.25, -0.2) is 4.98 Å². The number of nitrogens with two attached hydrogens (primary N) is 1. The summed E-state index contributed by atoms with van der Waals surface area (Å²) in [5.41, 5.74) is 6.76. The van der Waals surface area contributed by atoms with E-state index >= 15 is 0 Å². The Balaban J connectivity index is 2.24. The van der Waals surface area contributed by atoms with Crippen LogP contribution in [0.4, 0.5) is 11.5 Å². The number of aromatic nitrogens is 1. The Morgan fingerprint density at radius 1 is 1.40 bits per heavy atom. The molecular weight excluding hydrogens is 186 g/mol. The zero-order valence-electron chi connectivity index (χ0n) is 9.32. The first-order valence-electron chi connectivity index (χ1n) is 5.76. The summed E-state index contributed by atoms with van der Waals surface area (Å²) in [5, 5.41) is 0. The van der Waals surface area contributed by atoms with Gasteiger partial charge in [-0.2, -0.15) is 0 Å². The van der Waals surface area contributed by atoms with Gasteiger partial charge in [0, 0.05) is 18.8 Å². The van der Waals surface area contributed by atoms with Crippen LogP contribution in [0.5, 0.6) is 0 Å². The first-order valence-corrected chi connectivity index (χ1v) is 5.76. The van der Waals surface area contributed by atoms with Gasteiger partial charge in [0.15, 0.2) is 5.82 Å². The number of anilines is 2. The van der Waals surface area contributed by atoms with E-state index in [-0.39, 0.29) is 0 Å². The number of hydrogen-bond donors (Lipinski definition) is 1. The van der Waals surface area contributed by atoms with Crippen LogP contribution in [0.3, 0.4) is 0 Å². The molecule has 1 aromatic heterocycles. The second-order valence-corrected chi connectivity index (χ2v) is 4.31. The van der Waals surface area contributed by atoms with Gasteiger partial charge in [-0.3, -0.25) is 0 Å². The summed E-state index contributed by atoms with van der Waals surface area (Å²) in [6, 6.07) is 4.38. The molecule has 1 aromatic rings. The Morgan fingerprint density at radius 2 is 2.27 bits per heavy atom. The summed E-state index contributed by atoms with van der Waals surface area (Å²) in [6.07, 6.45) is 6.97. The van der Waals surface area contributed by atoms with Gasteiger partial charge in [0.05, 0.1) is 5.69 Å². The van der Waals surface area contributed by atoms with E-state index in [0.29, 0.717) is 6.04 Å². The smallest absolute Gasteiger partial charge is 0.151 e. The van der Waals surface area contributed by atoms with E-state index in [1.165, 1.54) is 25.7 Å². The quantitative estimate of drug-likeness (QED) is 0.765. The number of nitrogen functional groups attached to an aromatic ring is 1. The number of nitrogens with zero attached hydrogens (tertiary/aromatic N) is 2. The predicted molar refractivity (Wildman–Crippen MR) is 63.9 cm³/mol. The predicted octanol–water partition coefficient (Wildman–Crippen LogP) is 2.43. The fourth-order valence-corrected chi connectivity index (χ4v) is 2.24. The maximum Gasteiger partial charge on any atom is 0.151 e. The molecule has 2 rings (SSSR count). The summed E-state index contributed by atoms with van der Waals surface area (Å²) in [7, 11) is 0. The molecule has 0 radical (unpaired) electrons. The second kappa shape index (κ2) is 4.51. The molecule has 2 heterocycles. The van der Waals surface area contributed by atoms with Gasteiger partial charge in [-0.1, -0.05) is 12.8 Å². The van der Waals surface area contributed by atoms with Gasteiger partial charge in [0.1, 0.15) is 0 Å². The highest BCUT2D eigenvalue weighted by Crippen LogP contribution is 2.26. The van der Waals surface area contributed by atoms with E-state index in [1.807, 2.05) is 18.3 Å². The van der Waals surface area contributed by atoms with Gasteiger partial charge in [0.25, 0.3) is 0 Å². The zero-order valence-corrected chi connectivity index (χ0v) is 9.32. The Bertz CT molecular complexity index is 324. The number of hydrogen-bond acceptors (Lipinski definition) is 3. The van der Waals surface area contributed by atoms with Crippen molar-refractivity contribution >= 4 is 11.5 Å². The molecule has 82 valence electrons. The van der Waals surface area contributed by atoms with Gasteiger partial charge in [-0.15, -0.1) is 0 Å². The first-order chi connectivity index (χ1) is 7.29. The molecule has 0 aromatic carbocycles. The van der Waals surface area contributed by atoms with Crippen LogP contribution in [0.2, 0.25) is 0 Å². The molecule has 2 N–H and O–H groups in total. The fourth-order valence-electron chi connectivity index (χ4n) is 2.24. The molecule has 1 aliphatic heterocycles. The molecule has 1 aliphatic rings. The van der Waals surface area contributed by atoms with Crippen molar-refractivity contribution in [2.24, 2.45) is 0 Å². The van der Waals surface area contributed by atoms with Crippen molar-refractivity contribution < 1.29 is 0 Å². The van der Waals surface area contributed by atoms with Crippen LogP contribution in [0.25, 0.3) is 0 Å². The van der Waals surface area contributed by atoms with Crippen LogP contribution < -0.4 is 10.6 Å². The summed E-state index contributed by atoms with van der Waals surface area (Å²) in [6.45, 7) is 3.35. The maximum absolute atomic E-state index is 5.96. The summed E-state index contributed by atoms with van der Waals surface area (Å²) < 4.78 is 0. The van der Waals surface area contributed by atoms with Crippen LogP contribution in [-0.2, 0) is 0 Å². The monoisotopic (exact) mass is 205 g/mol. The standard InChI is InChI=1S/C12H19N3/c1-10-6-3-2-4-9-15(10)12-11(13)7-5-8-14-12/h5,7-8,10H,2-4,6,9,13H2,1H3. The van der Waals surface area contributed by atoms with E-state index < -0.39 is 0 Å². The van der Waals surface area contributed by atoms with E-state index in [0.717, 1.165) is 18.1 Å². The lowest BCUT2D eigenvalue weighted by molar-refractivity contribution is 0.612. The van der Waals surface area contributed by atoms with Crippen LogP contribution in [0.1, 0.15) is 32.6 Å². The Kier molecular flexibility index (Phi) is 3.09. The molecule has 0 saturated carbocycles. The molecule has 1 unspecified atom stereocenters. The lowest BCUT2D eigenvalue weighted by Gasteiger charge is -2.29. The lowest BCUT2D eigenvalue weighted by Crippen LogP contribution is -2.33. The lowest BCUT2D eigenvalue weighted by atomic mass is 10.1. The summed E-state index contributed by atoms with van der Waals surface area (Å²) >= 11 is 0. The summed E-state index contributed by atoms with van der Waals surface area (Å²) in [5.74, 6) is 0.965. The second-order valence-electron chi connectivity index (χ2n) is 4.31. The zero-order chi connectivity index (χ0) is 10.7. The van der Waals surface area contributed by atoms with Gasteiger partial charge < -0.3 is 10.6 Å². The molecule has 15 heavy (non-hydrogen) atoms. The Hall–Kier alpha value is -1.25. The van der Waals surface area contributed by atoms with Gasteiger partial charge in [-0.05, 0) is 31.9 Å². The molecule has 1 fully saturated rings. The third-order valence-corrected chi connectivity index (χ3v) is 3.14. The summed E-state index contributed by atoms with van der Waals surface area (Å²) in [4.78, 5) is 6.74. The third-order valence-electron chi connectivity index (χ3n) is 3.14. The van der Waals surface area contributed by atoms with Crippen LogP contribution in [-0.4, -0.2) is 17.6 Å². The van der Waals surface area contributed by atoms with Crippen molar-refractivity contribution in [1.29, 1.82) is 0 Å². The highest BCUT2D eigenvalue weighted by molar-refractivity contribution is 5.62. The van der Waals surface area contributed by atoms with Crippen molar-refractivity contribution in [2.75, 3.05) is 17.2 Å². The maximum atomic E-state index is 5.96. The first kappa shape index (κ1) is 10.3. The van der Waals surface area contributed by atoms with Gasteiger partial charge >= 0.3 is 0 Å². The van der Waals surface area contributed by atoms with E-state index in [4.69, 9.17) is 5.73 Å². The van der Waals surface area contributed by atoms with Crippen molar-refractivity contribution in [1.82, 2.24) is 4.98 Å². The Labute approximate surface area is 91.3 Å². The van der Waals surface area contributed by atoms with Crippen molar-refractivity contribution in [3.8, 4) is 0 Å². The third kappa shape index (κ3) is 2.22. The molecule has 1 saturated heterocycles. The average molecular weight is 205 g/mol. The minimum Gasteiger partial charge on any atom is -0.396 e.